The Hall–Kier alpha value is -4.04. The van der Waals surface area contributed by atoms with E-state index in [-0.39, 0.29) is 23.3 Å². The van der Waals surface area contributed by atoms with E-state index >= 15 is 4.39 Å². The molecule has 10 nitrogen and oxygen atoms in total. The Morgan fingerprint density at radius 2 is 1.69 bits per heavy atom. The number of aromatic amines is 1. The summed E-state index contributed by atoms with van der Waals surface area (Å²) in [5.41, 5.74) is -2.32. The molecule has 2 saturated heterocycles. The highest BCUT2D eigenvalue weighted by atomic mass is 19.4. The third kappa shape index (κ3) is 6.09. The molecule has 0 unspecified atom stereocenters. The summed E-state index contributed by atoms with van der Waals surface area (Å²) in [5, 5.41) is 2.55. The molecule has 0 spiro atoms. The minimum atomic E-state index is -4.94. The van der Waals surface area contributed by atoms with Crippen LogP contribution in [-0.4, -0.2) is 84.3 Å². The highest BCUT2D eigenvalue weighted by molar-refractivity contribution is 6.07. The summed E-state index contributed by atoms with van der Waals surface area (Å²) in [4.78, 5) is 41.8. The fraction of sp³-hybridized carbons (Fsp3) is 0.429. The van der Waals surface area contributed by atoms with E-state index in [9.17, 15) is 22.8 Å². The number of likely N-dealkylation sites (N-methyl/N-ethyl adjacent to an activating group) is 1. The third-order valence-corrected chi connectivity index (χ3v) is 7.75. The SMILES string of the molecule is C[C@@H]1CN(c2cc(F)c(-c3cnc(N4CCOCC4)nc3)cc2NC(=O)c2c[nH]c(=O)cc2C(F)(F)F)C[C@H](C)N1C. The lowest BCUT2D eigenvalue weighted by atomic mass is 10.0. The molecule has 2 aliphatic heterocycles. The molecule has 1 aromatic carbocycles. The first-order valence-electron chi connectivity index (χ1n) is 13.5. The average Bonchev–Trinajstić information content (AvgIpc) is 2.96. The maximum Gasteiger partial charge on any atom is 0.417 e. The van der Waals surface area contributed by atoms with E-state index in [1.165, 1.54) is 24.5 Å². The van der Waals surface area contributed by atoms with Crippen LogP contribution in [0.3, 0.4) is 0 Å². The second kappa shape index (κ2) is 11.7. The number of carbonyl (C=O) groups is 1. The molecule has 5 rings (SSSR count). The van der Waals surface area contributed by atoms with Crippen molar-refractivity contribution in [1.29, 1.82) is 0 Å². The van der Waals surface area contributed by atoms with Gasteiger partial charge in [0.05, 0.1) is 35.7 Å². The molecular weight excluding hydrogens is 558 g/mol. The van der Waals surface area contributed by atoms with E-state index in [0.717, 1.165) is 6.20 Å². The average molecular weight is 590 g/mol. The van der Waals surface area contributed by atoms with Gasteiger partial charge in [-0.15, -0.1) is 0 Å². The van der Waals surface area contributed by atoms with E-state index in [1.807, 2.05) is 30.7 Å². The van der Waals surface area contributed by atoms with Crippen molar-refractivity contribution in [3.8, 4) is 11.1 Å². The Balaban J connectivity index is 1.54. The molecule has 42 heavy (non-hydrogen) atoms. The second-order valence-corrected chi connectivity index (χ2v) is 10.6. The molecule has 4 heterocycles. The molecule has 2 atom stereocenters. The first-order chi connectivity index (χ1) is 19.9. The van der Waals surface area contributed by atoms with Gasteiger partial charge < -0.3 is 24.8 Å². The van der Waals surface area contributed by atoms with E-state index in [2.05, 4.69) is 25.2 Å². The molecule has 2 fully saturated rings. The fourth-order valence-electron chi connectivity index (χ4n) is 5.22. The summed E-state index contributed by atoms with van der Waals surface area (Å²) >= 11 is 0. The molecular formula is C28H31F4N7O3. The number of nitrogens with zero attached hydrogens (tertiary/aromatic N) is 5. The highest BCUT2D eigenvalue weighted by Gasteiger charge is 2.36. The summed E-state index contributed by atoms with van der Waals surface area (Å²) in [5.74, 6) is -1.25. The molecule has 0 aliphatic carbocycles. The van der Waals surface area contributed by atoms with Gasteiger partial charge in [0, 0.05) is 74.0 Å². The summed E-state index contributed by atoms with van der Waals surface area (Å²) in [6, 6.07) is 3.14. The lowest BCUT2D eigenvalue weighted by Crippen LogP contribution is -2.55. The van der Waals surface area contributed by atoms with Gasteiger partial charge in [-0.3, -0.25) is 14.5 Å². The second-order valence-electron chi connectivity index (χ2n) is 10.6. The summed E-state index contributed by atoms with van der Waals surface area (Å²) in [6.45, 7) is 7.32. The van der Waals surface area contributed by atoms with Crippen molar-refractivity contribution < 1.29 is 27.1 Å². The summed E-state index contributed by atoms with van der Waals surface area (Å²) < 4.78 is 62.2. The van der Waals surface area contributed by atoms with Gasteiger partial charge in [0.25, 0.3) is 5.91 Å². The van der Waals surface area contributed by atoms with Crippen molar-refractivity contribution >= 4 is 23.2 Å². The summed E-state index contributed by atoms with van der Waals surface area (Å²) in [6.07, 6.45) is -1.29. The normalized spacial score (nSPS) is 20.1. The van der Waals surface area contributed by atoms with Gasteiger partial charge >= 0.3 is 6.18 Å². The quantitative estimate of drug-likeness (QED) is 0.435. The smallest absolute Gasteiger partial charge is 0.378 e. The van der Waals surface area contributed by atoms with Gasteiger partial charge in [0.1, 0.15) is 5.82 Å². The maximum atomic E-state index is 15.7. The highest BCUT2D eigenvalue weighted by Crippen LogP contribution is 2.37. The Bertz CT molecular complexity index is 1490. The fourth-order valence-corrected chi connectivity index (χ4v) is 5.22. The largest absolute Gasteiger partial charge is 0.417 e. The number of halogens is 4. The minimum Gasteiger partial charge on any atom is -0.378 e. The lowest BCUT2D eigenvalue weighted by molar-refractivity contribution is -0.138. The zero-order chi connectivity index (χ0) is 30.2. The zero-order valence-corrected chi connectivity index (χ0v) is 23.3. The van der Waals surface area contributed by atoms with Gasteiger partial charge in [-0.2, -0.15) is 13.2 Å². The molecule has 2 N–H and O–H groups in total. The first kappa shape index (κ1) is 29.5. The van der Waals surface area contributed by atoms with Crippen LogP contribution in [0.15, 0.2) is 41.6 Å². The van der Waals surface area contributed by atoms with Crippen LogP contribution in [-0.2, 0) is 10.9 Å². The maximum absolute atomic E-state index is 15.7. The van der Waals surface area contributed by atoms with Crippen LogP contribution in [0.1, 0.15) is 29.8 Å². The Labute approximate surface area is 239 Å². The number of pyridine rings is 1. The molecule has 1 amide bonds. The van der Waals surface area contributed by atoms with Crippen LogP contribution in [0.25, 0.3) is 11.1 Å². The predicted octanol–water partition coefficient (Wildman–Crippen LogP) is 3.61. The number of alkyl halides is 3. The summed E-state index contributed by atoms with van der Waals surface area (Å²) in [7, 11) is 1.98. The number of hydrogen-bond donors (Lipinski definition) is 2. The molecule has 3 aromatic rings. The number of benzene rings is 1. The number of H-pyrrole nitrogens is 1. The van der Waals surface area contributed by atoms with E-state index in [1.54, 1.807) is 0 Å². The van der Waals surface area contributed by atoms with Crippen LogP contribution in [0, 0.1) is 5.82 Å². The van der Waals surface area contributed by atoms with Crippen molar-refractivity contribution in [3.63, 3.8) is 0 Å². The van der Waals surface area contributed by atoms with E-state index in [0.29, 0.717) is 62.7 Å². The van der Waals surface area contributed by atoms with E-state index in [4.69, 9.17) is 4.74 Å². The number of nitrogens with one attached hydrogen (secondary N) is 2. The predicted molar refractivity (Wildman–Crippen MR) is 149 cm³/mol. The van der Waals surface area contributed by atoms with Crippen LogP contribution >= 0.6 is 0 Å². The molecule has 224 valence electrons. The molecule has 0 saturated carbocycles. The number of aromatic nitrogens is 3. The molecule has 2 aromatic heterocycles. The standard InChI is InChI=1S/C28H31F4N7O3/c1-16-14-39(15-17(2)37(16)3)24-10-22(29)19(18-11-34-27(35-12-18)38-4-6-42-7-5-38)8-23(24)36-26(41)20-13-33-25(40)9-21(20)28(30,31)32/h8-13,16-17H,4-7,14-15H2,1-3H3,(H,33,40)(H,36,41)/t16-,17+. The van der Waals surface area contributed by atoms with Gasteiger partial charge in [0.2, 0.25) is 11.5 Å². The third-order valence-electron chi connectivity index (χ3n) is 7.75. The number of piperazine rings is 1. The van der Waals surface area contributed by atoms with Crippen LogP contribution < -0.4 is 20.7 Å². The Morgan fingerprint density at radius 3 is 2.31 bits per heavy atom. The lowest BCUT2D eigenvalue weighted by Gasteiger charge is -2.44. The number of amides is 1. The van der Waals surface area contributed by atoms with Gasteiger partial charge in [0.15, 0.2) is 0 Å². The number of morpholine rings is 1. The van der Waals surface area contributed by atoms with Crippen LogP contribution in [0.5, 0.6) is 0 Å². The zero-order valence-electron chi connectivity index (χ0n) is 23.3. The number of anilines is 3. The number of ether oxygens (including phenoxy) is 1. The first-order valence-corrected chi connectivity index (χ1v) is 13.5. The number of rotatable bonds is 5. The van der Waals surface area contributed by atoms with E-state index < -0.39 is 34.6 Å². The van der Waals surface area contributed by atoms with Crippen molar-refractivity contribution in [3.05, 3.63) is 64.1 Å². The minimum absolute atomic E-state index is 0.0651. The Morgan fingerprint density at radius 1 is 1.05 bits per heavy atom. The van der Waals surface area contributed by atoms with Crippen molar-refractivity contribution in [2.45, 2.75) is 32.1 Å². The number of hydrogen-bond acceptors (Lipinski definition) is 8. The topological polar surface area (TPSA) is 107 Å². The molecule has 2 aliphatic rings. The van der Waals surface area contributed by atoms with Crippen molar-refractivity contribution in [2.24, 2.45) is 0 Å². The van der Waals surface area contributed by atoms with Gasteiger partial charge in [-0.25, -0.2) is 14.4 Å². The van der Waals surface area contributed by atoms with Gasteiger partial charge in [-0.1, -0.05) is 0 Å². The van der Waals surface area contributed by atoms with Crippen molar-refractivity contribution in [1.82, 2.24) is 19.9 Å². The van der Waals surface area contributed by atoms with Gasteiger partial charge in [-0.05, 0) is 33.0 Å². The number of carbonyl (C=O) groups excluding carboxylic acids is 1. The van der Waals surface area contributed by atoms with Crippen LogP contribution in [0.4, 0.5) is 34.9 Å². The van der Waals surface area contributed by atoms with Crippen LogP contribution in [0.2, 0.25) is 0 Å². The van der Waals surface area contributed by atoms with Crippen molar-refractivity contribution in [2.75, 3.05) is 61.6 Å². The molecule has 0 radical (unpaired) electrons. The molecule has 14 heteroatoms. The monoisotopic (exact) mass is 589 g/mol. The Kier molecular flexibility index (Phi) is 8.19. The molecule has 0 bridgehead atoms.